The van der Waals surface area contributed by atoms with Gasteiger partial charge >= 0.3 is 6.09 Å². The predicted octanol–water partition coefficient (Wildman–Crippen LogP) is 8.48. The van der Waals surface area contributed by atoms with Crippen LogP contribution in [0, 0.1) is 0 Å². The summed E-state index contributed by atoms with van der Waals surface area (Å²) in [5.74, 6) is 0.554. The number of rotatable bonds is 11. The molecular weight excluding hydrogens is 541 g/mol. The van der Waals surface area contributed by atoms with E-state index in [0.29, 0.717) is 41.2 Å². The van der Waals surface area contributed by atoms with Crippen molar-refractivity contribution in [3.8, 4) is 11.5 Å². The highest BCUT2D eigenvalue weighted by molar-refractivity contribution is 6.78. The topological polar surface area (TPSA) is 97.3 Å². The number of carboxylic acid groups (broad SMARTS) is 1. The highest BCUT2D eigenvalue weighted by atomic mass is 28.4. The van der Waals surface area contributed by atoms with Crippen molar-refractivity contribution in [1.29, 1.82) is 0 Å². The number of hydrogen-bond acceptors (Lipinski definition) is 5. The Kier molecular flexibility index (Phi) is 10.8. The summed E-state index contributed by atoms with van der Waals surface area (Å²) in [5, 5.41) is 12.2. The zero-order valence-corrected chi connectivity index (χ0v) is 28.9. The lowest BCUT2D eigenvalue weighted by molar-refractivity contribution is 0.0738. The Morgan fingerprint density at radius 3 is 2.05 bits per heavy atom. The van der Waals surface area contributed by atoms with Crippen LogP contribution in [0.15, 0.2) is 23.9 Å². The molecule has 1 aliphatic rings. The molecule has 0 radical (unpaired) electrons. The summed E-state index contributed by atoms with van der Waals surface area (Å²) in [4.78, 5) is 27.6. The normalized spacial score (nSPS) is 16.6. The second-order valence-corrected chi connectivity index (χ2v) is 23.7. The molecule has 1 atom stereocenters. The Labute approximate surface area is 243 Å². The number of ether oxygens (including phenoxy) is 1. The summed E-state index contributed by atoms with van der Waals surface area (Å²) < 4.78 is 19.1. The van der Waals surface area contributed by atoms with Gasteiger partial charge in [0.1, 0.15) is 5.75 Å². The van der Waals surface area contributed by atoms with Crippen molar-refractivity contribution in [2.45, 2.75) is 116 Å². The minimum atomic E-state index is -2.39. The molecule has 8 nitrogen and oxygen atoms in total. The van der Waals surface area contributed by atoms with Crippen LogP contribution in [0.3, 0.4) is 0 Å². The molecule has 0 aromatic heterocycles. The highest BCUT2D eigenvalue weighted by Crippen LogP contribution is 2.46. The van der Waals surface area contributed by atoms with Gasteiger partial charge in [-0.3, -0.25) is 10.1 Å². The zero-order chi connectivity index (χ0) is 30.8. The van der Waals surface area contributed by atoms with E-state index in [2.05, 4.69) is 80.7 Å². The van der Waals surface area contributed by atoms with Crippen molar-refractivity contribution in [1.82, 2.24) is 4.90 Å². The maximum atomic E-state index is 14.0. The average molecular weight is 593 g/mol. The van der Waals surface area contributed by atoms with E-state index in [9.17, 15) is 14.7 Å². The molecule has 0 saturated carbocycles. The van der Waals surface area contributed by atoms with Gasteiger partial charge in [0.05, 0.1) is 31.0 Å². The molecule has 1 aromatic rings. The first-order valence-corrected chi connectivity index (χ1v) is 19.4. The van der Waals surface area contributed by atoms with Gasteiger partial charge in [0.25, 0.3) is 14.2 Å². The third kappa shape index (κ3) is 7.12. The molecule has 1 unspecified atom stereocenters. The SMILES string of the molecule is COc1cc(C(=O)N2C=C(C)CC2CO[Si](C)(C)C(C)(C)C)c(NC(=O)O)cc1O[Si](C(C)C)(C(C)C)C(C)C. The molecule has 40 heavy (non-hydrogen) atoms. The Morgan fingerprint density at radius 2 is 1.60 bits per heavy atom. The first kappa shape index (κ1) is 33.9. The summed E-state index contributed by atoms with van der Waals surface area (Å²) in [6, 6.07) is 3.04. The van der Waals surface area contributed by atoms with Crippen LogP contribution in [-0.2, 0) is 4.43 Å². The third-order valence-corrected chi connectivity index (χ3v) is 19.2. The lowest BCUT2D eigenvalue weighted by Crippen LogP contribution is -2.50. The Hall–Kier alpha value is -2.31. The van der Waals surface area contributed by atoms with E-state index in [4.69, 9.17) is 13.6 Å². The smallest absolute Gasteiger partial charge is 0.409 e. The van der Waals surface area contributed by atoms with Gasteiger partial charge in [0.2, 0.25) is 0 Å². The minimum absolute atomic E-state index is 0.0468. The van der Waals surface area contributed by atoms with E-state index >= 15 is 0 Å². The van der Waals surface area contributed by atoms with Crippen LogP contribution in [0.1, 0.15) is 86.0 Å². The molecule has 0 bridgehead atoms. The molecule has 1 aromatic carbocycles. The van der Waals surface area contributed by atoms with Gasteiger partial charge < -0.3 is 23.6 Å². The molecule has 0 fully saturated rings. The van der Waals surface area contributed by atoms with Crippen molar-refractivity contribution < 1.29 is 28.3 Å². The molecule has 1 aliphatic heterocycles. The fourth-order valence-electron chi connectivity index (χ4n) is 5.63. The Bertz CT molecular complexity index is 1090. The average Bonchev–Trinajstić information content (AvgIpc) is 3.19. The number of methoxy groups -OCH3 is 1. The monoisotopic (exact) mass is 592 g/mol. The van der Waals surface area contributed by atoms with Gasteiger partial charge in [-0.05, 0) is 54.2 Å². The van der Waals surface area contributed by atoms with Gasteiger partial charge in [0.15, 0.2) is 14.1 Å². The fraction of sp³-hybridized carbons (Fsp3) is 0.667. The molecule has 0 spiro atoms. The van der Waals surface area contributed by atoms with Gasteiger partial charge in [0, 0.05) is 12.3 Å². The van der Waals surface area contributed by atoms with Crippen molar-refractivity contribution in [3.63, 3.8) is 0 Å². The predicted molar refractivity (Wildman–Crippen MR) is 168 cm³/mol. The molecule has 2 N–H and O–H groups in total. The van der Waals surface area contributed by atoms with E-state index < -0.39 is 22.7 Å². The van der Waals surface area contributed by atoms with Gasteiger partial charge in [-0.15, -0.1) is 0 Å². The van der Waals surface area contributed by atoms with Crippen LogP contribution in [0.2, 0.25) is 34.8 Å². The van der Waals surface area contributed by atoms with E-state index in [-0.39, 0.29) is 28.2 Å². The molecule has 2 rings (SSSR count). The highest BCUT2D eigenvalue weighted by Gasteiger charge is 2.47. The maximum absolute atomic E-state index is 14.0. The van der Waals surface area contributed by atoms with Crippen LogP contribution in [0.5, 0.6) is 11.5 Å². The van der Waals surface area contributed by atoms with E-state index in [1.54, 1.807) is 24.1 Å². The number of benzene rings is 1. The van der Waals surface area contributed by atoms with Gasteiger partial charge in [-0.25, -0.2) is 4.79 Å². The summed E-state index contributed by atoms with van der Waals surface area (Å²) in [7, 11) is -2.87. The van der Waals surface area contributed by atoms with Crippen molar-refractivity contribution in [2.75, 3.05) is 19.0 Å². The lowest BCUT2D eigenvalue weighted by Gasteiger charge is -2.42. The number of anilines is 1. The molecule has 0 saturated heterocycles. The number of carbonyl (C=O) groups excluding carboxylic acids is 1. The largest absolute Gasteiger partial charge is 0.540 e. The molecule has 0 aliphatic carbocycles. The third-order valence-electron chi connectivity index (χ3n) is 8.76. The van der Waals surface area contributed by atoms with E-state index in [1.165, 1.54) is 0 Å². The molecule has 226 valence electrons. The summed E-state index contributed by atoms with van der Waals surface area (Å²) in [5.41, 5.74) is 2.35. The summed E-state index contributed by atoms with van der Waals surface area (Å²) in [6.07, 6.45) is 1.29. The molecule has 2 amide bonds. The molecular formula is C30H52N2O6Si2. The van der Waals surface area contributed by atoms with Gasteiger partial charge in [-0.2, -0.15) is 0 Å². The number of nitrogens with zero attached hydrogens (tertiary/aromatic N) is 1. The van der Waals surface area contributed by atoms with Crippen LogP contribution in [0.25, 0.3) is 0 Å². The first-order valence-electron chi connectivity index (χ1n) is 14.3. The molecule has 10 heteroatoms. The Balaban J connectivity index is 2.56. The zero-order valence-electron chi connectivity index (χ0n) is 26.9. The van der Waals surface area contributed by atoms with Crippen LogP contribution < -0.4 is 14.5 Å². The van der Waals surface area contributed by atoms with Crippen LogP contribution in [-0.4, -0.2) is 58.4 Å². The number of amides is 2. The number of carbonyl (C=O) groups is 2. The van der Waals surface area contributed by atoms with Gasteiger partial charge in [-0.1, -0.05) is 67.9 Å². The quantitative estimate of drug-likeness (QED) is 0.250. The van der Waals surface area contributed by atoms with Crippen molar-refractivity contribution in [3.05, 3.63) is 29.5 Å². The second kappa shape index (κ2) is 12.7. The summed E-state index contributed by atoms with van der Waals surface area (Å²) >= 11 is 0. The Morgan fingerprint density at radius 1 is 1.05 bits per heavy atom. The number of hydrogen-bond donors (Lipinski definition) is 2. The van der Waals surface area contributed by atoms with E-state index in [0.717, 1.165) is 5.57 Å². The van der Waals surface area contributed by atoms with Crippen LogP contribution >= 0.6 is 0 Å². The maximum Gasteiger partial charge on any atom is 0.409 e. The second-order valence-electron chi connectivity index (χ2n) is 13.5. The fourth-order valence-corrected chi connectivity index (χ4v) is 11.9. The standard InChI is InChI=1S/C30H52N2O6Si2/c1-19(2)40(20(3)4,21(5)6)38-27-16-25(31-29(34)35)24(15-26(27)36-11)28(33)32-17-22(7)14-23(32)18-37-39(12,13)30(8,9)10/h15-17,19-21,23,31H,14,18H2,1-13H3,(H,34,35). The van der Waals surface area contributed by atoms with Crippen LogP contribution in [0.4, 0.5) is 10.5 Å². The number of nitrogens with one attached hydrogen (secondary N) is 1. The summed E-state index contributed by atoms with van der Waals surface area (Å²) in [6.45, 7) is 26.5. The van der Waals surface area contributed by atoms with Crippen molar-refractivity contribution >= 4 is 34.3 Å². The van der Waals surface area contributed by atoms with Crippen molar-refractivity contribution in [2.24, 2.45) is 0 Å². The minimum Gasteiger partial charge on any atom is -0.540 e. The van der Waals surface area contributed by atoms with E-state index in [1.807, 2.05) is 13.1 Å². The lowest BCUT2D eigenvalue weighted by atomic mass is 10.1. The first-order chi connectivity index (χ1) is 18.3. The molecule has 1 heterocycles.